The third-order valence-electron chi connectivity index (χ3n) is 10.7. The van der Waals surface area contributed by atoms with E-state index in [1.807, 2.05) is 36.4 Å². The smallest absolute Gasteiger partial charge is 0.487 e. The standard InChI is InChI=1S/C39H39BN2O8Si/c1-39(2,3)51(30-13-6-4-7-14-30,31-15-8-5-9-16-31)49-24-26-21-33-35(38(45)41(37(33)44)27-11-10-12-28(22-27)42(47)48)32-23-34(50-40(46)36(26)32)25-17-19-29(43)20-18-25/h4-20,22,32-35,43,46H,21,23-24H2,1-3H3/t32-,33-,34-,35+/m0/s1. The molecule has 4 aromatic carbocycles. The number of rotatable bonds is 8. The van der Waals surface area contributed by atoms with Crippen molar-refractivity contribution in [3.8, 4) is 5.75 Å². The molecule has 10 nitrogen and oxygen atoms in total. The van der Waals surface area contributed by atoms with Crippen LogP contribution in [0.1, 0.15) is 45.3 Å². The Kier molecular flexibility index (Phi) is 9.05. The van der Waals surface area contributed by atoms with Crippen molar-refractivity contribution in [2.45, 2.75) is 44.8 Å². The summed E-state index contributed by atoms with van der Waals surface area (Å²) in [6, 6.07) is 32.4. The summed E-state index contributed by atoms with van der Waals surface area (Å²) in [6.45, 7) is 6.62. The number of anilines is 1. The number of nitro groups is 1. The SMILES string of the molecule is CC(C)(C)[Si](OCC1=C2B(O)O[C@H](c3ccc(O)cc3)C[C@H]2[C@H]2C(=O)N(c3cccc([N+](=O)[O-])c3)C(=O)[C@H]2C1)(c1ccccc1)c1ccccc1. The number of carbonyl (C=O) groups is 2. The topological polar surface area (TPSA) is 139 Å². The number of fused-ring (bicyclic) bond motifs is 3. The quantitative estimate of drug-likeness (QED) is 0.107. The number of hydrogen-bond acceptors (Lipinski definition) is 8. The van der Waals surface area contributed by atoms with E-state index in [9.17, 15) is 29.8 Å². The van der Waals surface area contributed by atoms with Gasteiger partial charge >= 0.3 is 7.12 Å². The van der Waals surface area contributed by atoms with Gasteiger partial charge in [-0.15, -0.1) is 0 Å². The second kappa shape index (κ2) is 13.3. The van der Waals surface area contributed by atoms with Gasteiger partial charge in [-0.25, -0.2) is 4.90 Å². The highest BCUT2D eigenvalue weighted by Crippen LogP contribution is 2.52. The molecule has 0 saturated carbocycles. The van der Waals surface area contributed by atoms with Crippen molar-refractivity contribution < 1.29 is 33.7 Å². The molecule has 51 heavy (non-hydrogen) atoms. The van der Waals surface area contributed by atoms with Gasteiger partial charge in [0.05, 0.1) is 35.2 Å². The third kappa shape index (κ3) is 6.01. The summed E-state index contributed by atoms with van der Waals surface area (Å²) in [5.41, 5.74) is 1.89. The van der Waals surface area contributed by atoms with Gasteiger partial charge in [0, 0.05) is 12.1 Å². The van der Waals surface area contributed by atoms with E-state index < -0.39 is 56.0 Å². The van der Waals surface area contributed by atoms with Gasteiger partial charge in [-0.1, -0.05) is 99.6 Å². The summed E-state index contributed by atoms with van der Waals surface area (Å²) in [4.78, 5) is 40.8. The largest absolute Gasteiger partial charge is 0.508 e. The second-order valence-electron chi connectivity index (χ2n) is 14.5. The minimum Gasteiger partial charge on any atom is -0.508 e. The molecule has 2 aliphatic heterocycles. The Morgan fingerprint density at radius 2 is 1.53 bits per heavy atom. The van der Waals surface area contributed by atoms with Crippen LogP contribution < -0.4 is 15.3 Å². The summed E-state index contributed by atoms with van der Waals surface area (Å²) in [5, 5.41) is 35.1. The Morgan fingerprint density at radius 1 is 0.902 bits per heavy atom. The average Bonchev–Trinajstić information content (AvgIpc) is 3.37. The monoisotopic (exact) mass is 702 g/mol. The normalized spacial score (nSPS) is 22.2. The fourth-order valence-electron chi connectivity index (χ4n) is 8.40. The number of benzene rings is 4. The molecule has 260 valence electrons. The van der Waals surface area contributed by atoms with Crippen LogP contribution in [0.4, 0.5) is 11.4 Å². The molecule has 2 heterocycles. The van der Waals surface area contributed by atoms with Crippen molar-refractivity contribution in [3.63, 3.8) is 0 Å². The number of nitro benzene ring substituents is 1. The zero-order valence-corrected chi connectivity index (χ0v) is 29.6. The summed E-state index contributed by atoms with van der Waals surface area (Å²) in [7, 11) is -4.42. The Bertz CT molecular complexity index is 1960. The minimum atomic E-state index is -3.04. The predicted octanol–water partition coefficient (Wildman–Crippen LogP) is 5.48. The maximum absolute atomic E-state index is 14.3. The first kappa shape index (κ1) is 34.6. The molecule has 2 N–H and O–H groups in total. The van der Waals surface area contributed by atoms with Gasteiger partial charge in [0.2, 0.25) is 11.8 Å². The Balaban J connectivity index is 1.32. The van der Waals surface area contributed by atoms with Crippen LogP contribution in [0.2, 0.25) is 5.04 Å². The Morgan fingerprint density at radius 3 is 2.12 bits per heavy atom. The number of carbonyl (C=O) groups excluding carboxylic acids is 2. The number of phenolic OH excluding ortho intramolecular Hbond substituents is 1. The second-order valence-corrected chi connectivity index (χ2v) is 18.9. The molecule has 3 aliphatic rings. The number of imide groups is 1. The van der Waals surface area contributed by atoms with Crippen LogP contribution in [0.25, 0.3) is 0 Å². The average molecular weight is 703 g/mol. The molecule has 7 rings (SSSR count). The molecular formula is C39H39BN2O8Si. The highest BCUT2D eigenvalue weighted by molar-refractivity contribution is 6.99. The first-order valence-corrected chi connectivity index (χ1v) is 19.0. The highest BCUT2D eigenvalue weighted by atomic mass is 28.4. The molecule has 4 aromatic rings. The Labute approximate surface area is 297 Å². The molecule has 1 aliphatic carbocycles. The predicted molar refractivity (Wildman–Crippen MR) is 196 cm³/mol. The lowest BCUT2D eigenvalue weighted by atomic mass is 9.55. The number of non-ortho nitro benzene ring substituents is 1. The molecule has 0 unspecified atom stereocenters. The van der Waals surface area contributed by atoms with Crippen LogP contribution in [0, 0.1) is 27.9 Å². The first-order chi connectivity index (χ1) is 24.4. The molecule has 0 radical (unpaired) electrons. The van der Waals surface area contributed by atoms with E-state index in [0.29, 0.717) is 23.0 Å². The molecule has 12 heteroatoms. The van der Waals surface area contributed by atoms with E-state index in [4.69, 9.17) is 9.08 Å². The zero-order chi connectivity index (χ0) is 36.1. The molecule has 2 fully saturated rings. The van der Waals surface area contributed by atoms with Crippen LogP contribution in [0.3, 0.4) is 0 Å². The lowest BCUT2D eigenvalue weighted by Crippen LogP contribution is -2.66. The molecule has 0 bridgehead atoms. The molecule has 2 amide bonds. The van der Waals surface area contributed by atoms with Crippen LogP contribution in [-0.4, -0.2) is 48.9 Å². The molecule has 2 saturated heterocycles. The van der Waals surface area contributed by atoms with Crippen molar-refractivity contribution in [2.75, 3.05) is 11.5 Å². The highest BCUT2D eigenvalue weighted by Gasteiger charge is 2.59. The lowest BCUT2D eigenvalue weighted by molar-refractivity contribution is -0.384. The van der Waals surface area contributed by atoms with Gasteiger partial charge in [-0.2, -0.15) is 0 Å². The van der Waals surface area contributed by atoms with Crippen molar-refractivity contribution in [1.82, 2.24) is 0 Å². The number of aromatic hydroxyl groups is 1. The number of nitrogens with zero attached hydrogens (tertiary/aromatic N) is 2. The van der Waals surface area contributed by atoms with Crippen LogP contribution in [-0.2, 0) is 18.7 Å². The van der Waals surface area contributed by atoms with Gasteiger partial charge in [0.1, 0.15) is 5.75 Å². The fraction of sp³-hybridized carbons (Fsp3) is 0.282. The third-order valence-corrected chi connectivity index (χ3v) is 15.6. The van der Waals surface area contributed by atoms with E-state index in [2.05, 4.69) is 45.0 Å². The van der Waals surface area contributed by atoms with Gasteiger partial charge in [-0.3, -0.25) is 19.7 Å². The van der Waals surface area contributed by atoms with E-state index >= 15 is 0 Å². The van der Waals surface area contributed by atoms with Gasteiger partial charge in [0.25, 0.3) is 14.0 Å². The maximum atomic E-state index is 14.3. The number of allylic oxidation sites excluding steroid dienone is 1. The first-order valence-electron chi connectivity index (χ1n) is 17.1. The zero-order valence-electron chi connectivity index (χ0n) is 28.6. The molecular weight excluding hydrogens is 663 g/mol. The molecule has 0 spiro atoms. The number of amides is 2. The van der Waals surface area contributed by atoms with Crippen molar-refractivity contribution in [3.05, 3.63) is 136 Å². The fourth-order valence-corrected chi connectivity index (χ4v) is 13.0. The molecule has 0 aromatic heterocycles. The lowest BCUT2D eigenvalue weighted by Gasteiger charge is -2.45. The van der Waals surface area contributed by atoms with Crippen molar-refractivity contribution in [2.24, 2.45) is 17.8 Å². The van der Waals surface area contributed by atoms with E-state index in [-0.39, 0.29) is 35.2 Å². The van der Waals surface area contributed by atoms with Crippen molar-refractivity contribution in [1.29, 1.82) is 0 Å². The number of hydrogen-bond donors (Lipinski definition) is 2. The maximum Gasteiger partial charge on any atom is 0.487 e. The van der Waals surface area contributed by atoms with Gasteiger partial charge in [0.15, 0.2) is 0 Å². The summed E-state index contributed by atoms with van der Waals surface area (Å²) >= 11 is 0. The summed E-state index contributed by atoms with van der Waals surface area (Å²) in [5.74, 6) is -2.98. The van der Waals surface area contributed by atoms with Crippen LogP contribution in [0.15, 0.2) is 120 Å². The number of phenols is 1. The van der Waals surface area contributed by atoms with E-state index in [1.165, 1.54) is 36.4 Å². The van der Waals surface area contributed by atoms with Gasteiger partial charge < -0.3 is 19.2 Å². The minimum absolute atomic E-state index is 0.0837. The van der Waals surface area contributed by atoms with Crippen LogP contribution in [0.5, 0.6) is 5.75 Å². The van der Waals surface area contributed by atoms with Crippen molar-refractivity contribution >= 4 is 49.0 Å². The molecule has 4 atom stereocenters. The van der Waals surface area contributed by atoms with Gasteiger partial charge in [-0.05, 0) is 69.0 Å². The van der Waals surface area contributed by atoms with E-state index in [0.717, 1.165) is 15.3 Å². The van der Waals surface area contributed by atoms with E-state index in [1.54, 1.807) is 12.1 Å². The summed E-state index contributed by atoms with van der Waals surface area (Å²) in [6.07, 6.45) is -0.167. The van der Waals surface area contributed by atoms with Crippen LogP contribution >= 0.6 is 0 Å². The Hall–Kier alpha value is -4.88. The summed E-state index contributed by atoms with van der Waals surface area (Å²) < 4.78 is 13.5.